The molecule has 0 aliphatic heterocycles. The Morgan fingerprint density at radius 1 is 1.11 bits per heavy atom. The van der Waals surface area contributed by atoms with Crippen molar-refractivity contribution in [2.45, 2.75) is 13.0 Å². The Labute approximate surface area is 216 Å². The number of aromatic nitrogens is 1. The van der Waals surface area contributed by atoms with Gasteiger partial charge < -0.3 is 15.5 Å². The summed E-state index contributed by atoms with van der Waals surface area (Å²) < 4.78 is 0. The van der Waals surface area contributed by atoms with E-state index in [1.54, 1.807) is 12.4 Å². The lowest BCUT2D eigenvalue weighted by molar-refractivity contribution is -0.102. The minimum Gasteiger partial charge on any atom is -0.363 e. The topological polar surface area (TPSA) is 69.6 Å². The van der Waals surface area contributed by atoms with E-state index in [0.29, 0.717) is 37.5 Å². The number of aldehydes is 1. The summed E-state index contributed by atoms with van der Waals surface area (Å²) in [4.78, 5) is 21.7. The maximum atomic E-state index is 11.3. The molecule has 0 saturated heterocycles. The van der Waals surface area contributed by atoms with Gasteiger partial charge in [-0.2, -0.15) is 0 Å². The largest absolute Gasteiger partial charge is 0.363 e. The van der Waals surface area contributed by atoms with E-state index in [-0.39, 0.29) is 5.84 Å². The van der Waals surface area contributed by atoms with Crippen molar-refractivity contribution in [3.8, 4) is 11.1 Å². The number of rotatable bonds is 12. The molecule has 0 fully saturated rings. The average molecular weight is 510 g/mol. The van der Waals surface area contributed by atoms with E-state index < -0.39 is 0 Å². The Morgan fingerprint density at radius 3 is 2.71 bits per heavy atom. The van der Waals surface area contributed by atoms with Crippen molar-refractivity contribution in [2.75, 3.05) is 26.7 Å². The molecule has 0 unspecified atom stereocenters. The van der Waals surface area contributed by atoms with Gasteiger partial charge in [0.25, 0.3) is 0 Å². The van der Waals surface area contributed by atoms with E-state index in [1.165, 1.54) is 5.56 Å². The molecule has 0 aliphatic rings. The highest BCUT2D eigenvalue weighted by atomic mass is 35.5. The summed E-state index contributed by atoms with van der Waals surface area (Å²) in [6.45, 7) is 2.58. The van der Waals surface area contributed by atoms with Gasteiger partial charge in [-0.25, -0.2) is 0 Å². The molecule has 1 aromatic heterocycles. The maximum Gasteiger partial charge on any atom is 0.184 e. The van der Waals surface area contributed by atoms with Crippen LogP contribution in [0.2, 0.25) is 5.02 Å². The number of hydrogen-bond acceptors (Lipinski definition) is 5. The molecular formula is C27H29Cl2N5O. The van der Waals surface area contributed by atoms with Crippen molar-refractivity contribution in [2.24, 2.45) is 4.99 Å². The molecule has 3 aromatic rings. The maximum absolute atomic E-state index is 11.3. The normalized spacial score (nSPS) is 11.9. The monoisotopic (exact) mass is 509 g/mol. The van der Waals surface area contributed by atoms with Gasteiger partial charge in [0, 0.05) is 62.8 Å². The highest BCUT2D eigenvalue weighted by molar-refractivity contribution is 6.31. The quantitative estimate of drug-likeness (QED) is 0.119. The van der Waals surface area contributed by atoms with Gasteiger partial charge in [-0.15, -0.1) is 0 Å². The van der Waals surface area contributed by atoms with Gasteiger partial charge in [-0.3, -0.25) is 14.8 Å². The molecule has 0 saturated carbocycles. The molecule has 0 radical (unpaired) electrons. The lowest BCUT2D eigenvalue weighted by Crippen LogP contribution is -2.29. The second kappa shape index (κ2) is 14.3. The third-order valence-corrected chi connectivity index (χ3v) is 5.92. The summed E-state index contributed by atoms with van der Waals surface area (Å²) in [7, 11) is 1.89. The first-order valence-corrected chi connectivity index (χ1v) is 12.1. The number of hydrogen-bond donors (Lipinski definition) is 2. The SMILES string of the molecule is CN(CCNCc1ccccc1-c1cccc(Cl)c1)/C(Cl)=C\NC(C=O)=NCCc1ccccn1. The van der Waals surface area contributed by atoms with E-state index in [9.17, 15) is 4.79 Å². The molecular weight excluding hydrogens is 481 g/mol. The van der Waals surface area contributed by atoms with Crippen LogP contribution in [0.5, 0.6) is 0 Å². The van der Waals surface area contributed by atoms with Gasteiger partial charge >= 0.3 is 0 Å². The third-order valence-electron chi connectivity index (χ3n) is 5.28. The zero-order chi connectivity index (χ0) is 24.9. The van der Waals surface area contributed by atoms with Gasteiger partial charge in [0.2, 0.25) is 0 Å². The van der Waals surface area contributed by atoms with Crippen LogP contribution in [-0.2, 0) is 17.8 Å². The van der Waals surface area contributed by atoms with Crippen LogP contribution in [0.25, 0.3) is 11.1 Å². The molecule has 182 valence electrons. The van der Waals surface area contributed by atoms with Crippen LogP contribution in [0.15, 0.2) is 89.3 Å². The summed E-state index contributed by atoms with van der Waals surface area (Å²) in [5.74, 6) is 0.225. The second-order valence-electron chi connectivity index (χ2n) is 7.83. The molecule has 8 heteroatoms. The number of likely N-dealkylation sites (N-methyl/N-ethyl adjacent to an activating group) is 1. The molecule has 2 aromatic carbocycles. The zero-order valence-electron chi connectivity index (χ0n) is 19.6. The number of nitrogens with one attached hydrogen (secondary N) is 2. The number of carbonyl (C=O) groups excluding carboxylic acids is 1. The predicted molar refractivity (Wildman–Crippen MR) is 145 cm³/mol. The Balaban J connectivity index is 1.45. The van der Waals surface area contributed by atoms with Gasteiger partial charge in [0.15, 0.2) is 12.1 Å². The number of benzene rings is 2. The van der Waals surface area contributed by atoms with E-state index in [1.807, 2.05) is 60.5 Å². The van der Waals surface area contributed by atoms with Crippen LogP contribution in [0.1, 0.15) is 11.3 Å². The fourth-order valence-electron chi connectivity index (χ4n) is 3.39. The molecule has 3 rings (SSSR count). The molecule has 6 nitrogen and oxygen atoms in total. The fraction of sp³-hybridized carbons (Fsp3) is 0.222. The number of amidine groups is 1. The van der Waals surface area contributed by atoms with Crippen molar-refractivity contribution in [3.05, 3.63) is 101 Å². The Morgan fingerprint density at radius 2 is 1.94 bits per heavy atom. The molecule has 0 bridgehead atoms. The number of halogens is 2. The minimum atomic E-state index is 0.225. The van der Waals surface area contributed by atoms with Crippen LogP contribution in [0.3, 0.4) is 0 Å². The van der Waals surface area contributed by atoms with Crippen molar-refractivity contribution < 1.29 is 4.79 Å². The first-order valence-electron chi connectivity index (χ1n) is 11.3. The zero-order valence-corrected chi connectivity index (χ0v) is 21.1. The molecule has 0 atom stereocenters. The predicted octanol–water partition coefficient (Wildman–Crippen LogP) is 4.89. The number of aliphatic imine (C=N–C) groups is 1. The summed E-state index contributed by atoms with van der Waals surface area (Å²) in [5, 5.41) is 7.54. The summed E-state index contributed by atoms with van der Waals surface area (Å²) in [6, 6.07) is 21.9. The van der Waals surface area contributed by atoms with Crippen LogP contribution in [0.4, 0.5) is 0 Å². The molecule has 1 heterocycles. The summed E-state index contributed by atoms with van der Waals surface area (Å²) >= 11 is 12.6. The van der Waals surface area contributed by atoms with E-state index in [0.717, 1.165) is 28.4 Å². The highest BCUT2D eigenvalue weighted by Gasteiger charge is 2.06. The lowest BCUT2D eigenvalue weighted by Gasteiger charge is -2.19. The van der Waals surface area contributed by atoms with Gasteiger partial charge in [-0.1, -0.05) is 65.7 Å². The van der Waals surface area contributed by atoms with Gasteiger partial charge in [0.05, 0.1) is 0 Å². The first-order chi connectivity index (χ1) is 17.1. The Kier molecular flexibility index (Phi) is 10.8. The van der Waals surface area contributed by atoms with Crippen LogP contribution < -0.4 is 10.6 Å². The van der Waals surface area contributed by atoms with Gasteiger partial charge in [0.1, 0.15) is 5.16 Å². The van der Waals surface area contributed by atoms with Gasteiger partial charge in [-0.05, 0) is 41.0 Å². The molecule has 0 aliphatic carbocycles. The standard InChI is InChI=1S/C27H29Cl2N5O/c1-34(26(29)19-33-27(20-35)32-14-12-24-10-4-5-13-31-24)16-15-30-18-22-7-2-3-11-25(22)21-8-6-9-23(28)17-21/h2-11,13,17,19-20,30H,12,14-16,18H2,1H3,(H,32,33)/b26-19-. The van der Waals surface area contributed by atoms with Crippen molar-refractivity contribution in [1.29, 1.82) is 0 Å². The lowest BCUT2D eigenvalue weighted by atomic mass is 10.00. The van der Waals surface area contributed by atoms with E-state index in [2.05, 4.69) is 38.8 Å². The summed E-state index contributed by atoms with van der Waals surface area (Å²) in [6.07, 6.45) is 4.65. The fourth-order valence-corrected chi connectivity index (χ4v) is 3.72. The highest BCUT2D eigenvalue weighted by Crippen LogP contribution is 2.26. The van der Waals surface area contributed by atoms with Crippen molar-refractivity contribution >= 4 is 35.3 Å². The Bertz CT molecular complexity index is 1150. The first kappa shape index (κ1) is 26.4. The number of nitrogens with zero attached hydrogens (tertiary/aromatic N) is 3. The molecule has 0 spiro atoms. The van der Waals surface area contributed by atoms with Crippen molar-refractivity contribution in [3.63, 3.8) is 0 Å². The van der Waals surface area contributed by atoms with E-state index >= 15 is 0 Å². The van der Waals surface area contributed by atoms with Crippen molar-refractivity contribution in [1.82, 2.24) is 20.5 Å². The number of pyridine rings is 1. The summed E-state index contributed by atoms with van der Waals surface area (Å²) in [5.41, 5.74) is 4.37. The minimum absolute atomic E-state index is 0.225. The molecule has 0 amide bonds. The average Bonchev–Trinajstić information content (AvgIpc) is 2.89. The van der Waals surface area contributed by atoms with Crippen LogP contribution >= 0.6 is 23.2 Å². The smallest absolute Gasteiger partial charge is 0.184 e. The van der Waals surface area contributed by atoms with Crippen LogP contribution in [-0.4, -0.2) is 48.7 Å². The third kappa shape index (κ3) is 8.83. The number of carbonyl (C=O) groups is 1. The Hall–Kier alpha value is -3.19. The molecule has 2 N–H and O–H groups in total. The molecule has 35 heavy (non-hydrogen) atoms. The second-order valence-corrected chi connectivity index (χ2v) is 8.66. The van der Waals surface area contributed by atoms with E-state index in [4.69, 9.17) is 23.2 Å². The van der Waals surface area contributed by atoms with Crippen LogP contribution in [0, 0.1) is 0 Å².